The lowest BCUT2D eigenvalue weighted by molar-refractivity contribution is -0.384. The molecule has 0 radical (unpaired) electrons. The number of carbonyl (C=O) groups excluding carboxylic acids is 1. The molecule has 1 aromatic heterocycles. The van der Waals surface area contributed by atoms with Crippen LogP contribution in [-0.2, 0) is 24.3 Å². The fraction of sp³-hybridized carbons (Fsp3) is 0.229. The molecule has 44 heavy (non-hydrogen) atoms. The average molecular weight is 594 g/mol. The van der Waals surface area contributed by atoms with E-state index in [0.29, 0.717) is 31.0 Å². The van der Waals surface area contributed by atoms with E-state index in [9.17, 15) is 20.0 Å². The van der Waals surface area contributed by atoms with E-state index in [1.54, 1.807) is 12.1 Å². The minimum Gasteiger partial charge on any atom is -0.491 e. The van der Waals surface area contributed by atoms with Crippen molar-refractivity contribution in [3.8, 4) is 5.75 Å². The van der Waals surface area contributed by atoms with Crippen LogP contribution >= 0.6 is 0 Å². The molecule has 9 nitrogen and oxygen atoms in total. The molecule has 2 atom stereocenters. The predicted molar refractivity (Wildman–Crippen MR) is 169 cm³/mol. The molecule has 5 aromatic rings. The van der Waals surface area contributed by atoms with Gasteiger partial charge in [0.25, 0.3) is 5.69 Å². The van der Waals surface area contributed by atoms with Gasteiger partial charge in [-0.2, -0.15) is 0 Å². The second kappa shape index (κ2) is 14.5. The summed E-state index contributed by atoms with van der Waals surface area (Å²) in [6, 6.07) is 32.9. The van der Waals surface area contributed by atoms with Gasteiger partial charge in [-0.1, -0.05) is 78.9 Å². The number of aliphatic hydroxyl groups excluding tert-OH is 1. The number of nitro groups is 1. The number of nitrogens with zero attached hydrogens (tertiary/aromatic N) is 2. The molecule has 0 spiro atoms. The number of rotatable bonds is 14. The fourth-order valence-corrected chi connectivity index (χ4v) is 5.16. The van der Waals surface area contributed by atoms with Gasteiger partial charge in [0.05, 0.1) is 4.92 Å². The van der Waals surface area contributed by atoms with Gasteiger partial charge in [0.15, 0.2) is 0 Å². The minimum atomic E-state index is -0.726. The number of hydrogen-bond donors (Lipinski definition) is 2. The zero-order valence-corrected chi connectivity index (χ0v) is 24.5. The van der Waals surface area contributed by atoms with Gasteiger partial charge in [-0.25, -0.2) is 4.79 Å². The second-order valence-electron chi connectivity index (χ2n) is 10.7. The summed E-state index contributed by atoms with van der Waals surface area (Å²) in [7, 11) is 0. The third-order valence-corrected chi connectivity index (χ3v) is 7.37. The molecule has 1 heterocycles. The number of aromatic nitrogens is 1. The Labute approximate surface area is 255 Å². The Kier molecular flexibility index (Phi) is 10.0. The SMILES string of the molecule is CC(Cc1c(C(=O)OCc2ccccc2)n(Cc2ccc([N+](=O)[O-])cc2)c2ccccc12)NC[C@H](O)COc1ccccc1. The molecule has 0 bridgehead atoms. The summed E-state index contributed by atoms with van der Waals surface area (Å²) in [6.07, 6.45) is -0.230. The normalized spacial score (nSPS) is 12.5. The quantitative estimate of drug-likeness (QED) is 0.0934. The van der Waals surface area contributed by atoms with E-state index in [0.717, 1.165) is 27.6 Å². The van der Waals surface area contributed by atoms with Gasteiger partial charge in [-0.15, -0.1) is 0 Å². The molecule has 0 aliphatic heterocycles. The Morgan fingerprint density at radius 3 is 2.27 bits per heavy atom. The number of nitrogens with one attached hydrogen (secondary N) is 1. The third-order valence-electron chi connectivity index (χ3n) is 7.37. The van der Waals surface area contributed by atoms with E-state index < -0.39 is 17.0 Å². The van der Waals surface area contributed by atoms with E-state index in [2.05, 4.69) is 5.32 Å². The van der Waals surface area contributed by atoms with Crippen molar-refractivity contribution in [3.05, 3.63) is 142 Å². The van der Waals surface area contributed by atoms with Crippen molar-refractivity contribution >= 4 is 22.6 Å². The molecule has 0 aliphatic rings. The van der Waals surface area contributed by atoms with Crippen molar-refractivity contribution in [3.63, 3.8) is 0 Å². The van der Waals surface area contributed by atoms with Crippen LogP contribution in [-0.4, -0.2) is 45.9 Å². The van der Waals surface area contributed by atoms with E-state index in [1.165, 1.54) is 12.1 Å². The molecule has 1 unspecified atom stereocenters. The molecule has 0 saturated carbocycles. The van der Waals surface area contributed by atoms with Crippen molar-refractivity contribution in [1.82, 2.24) is 9.88 Å². The first kappa shape index (κ1) is 30.5. The van der Waals surface area contributed by atoms with Crippen molar-refractivity contribution < 1.29 is 24.3 Å². The van der Waals surface area contributed by atoms with Crippen LogP contribution in [0.1, 0.15) is 34.1 Å². The summed E-state index contributed by atoms with van der Waals surface area (Å²) in [4.78, 5) is 24.6. The smallest absolute Gasteiger partial charge is 0.355 e. The van der Waals surface area contributed by atoms with Gasteiger partial charge < -0.3 is 24.5 Å². The molecule has 5 rings (SSSR count). The number of benzene rings is 4. The monoisotopic (exact) mass is 593 g/mol. The molecule has 2 N–H and O–H groups in total. The van der Waals surface area contributed by atoms with Gasteiger partial charge in [0, 0.05) is 42.2 Å². The van der Waals surface area contributed by atoms with Crippen LogP contribution in [0.25, 0.3) is 10.9 Å². The van der Waals surface area contributed by atoms with Crippen molar-refractivity contribution in [2.75, 3.05) is 13.2 Å². The highest BCUT2D eigenvalue weighted by Gasteiger charge is 2.25. The number of ether oxygens (including phenoxy) is 2. The molecule has 0 aliphatic carbocycles. The minimum absolute atomic E-state index is 0.00514. The zero-order chi connectivity index (χ0) is 30.9. The van der Waals surface area contributed by atoms with Gasteiger partial charge in [-0.3, -0.25) is 10.1 Å². The largest absolute Gasteiger partial charge is 0.491 e. The first-order valence-electron chi connectivity index (χ1n) is 14.5. The molecule has 9 heteroatoms. The van der Waals surface area contributed by atoms with Crippen LogP contribution in [0.4, 0.5) is 5.69 Å². The molecule has 0 fully saturated rings. The standard InChI is InChI=1S/C35H35N3O6/c1-25(36-21-29(39)24-43-30-12-6-3-7-13-30)20-32-31-14-8-9-15-33(31)37(22-26-16-18-28(19-17-26)38(41)42)34(32)35(40)44-23-27-10-4-2-5-11-27/h2-19,25,29,36,39H,20-24H2,1H3/t25?,29-/m0/s1. The molecule has 226 valence electrons. The Hall–Kier alpha value is -4.99. The van der Waals surface area contributed by atoms with Crippen LogP contribution in [0.15, 0.2) is 109 Å². The maximum atomic E-state index is 13.8. The van der Waals surface area contributed by atoms with Gasteiger partial charge in [-0.05, 0) is 48.2 Å². The number of fused-ring (bicyclic) bond motifs is 1. The van der Waals surface area contributed by atoms with Crippen LogP contribution in [0.5, 0.6) is 5.75 Å². The number of carbonyl (C=O) groups is 1. The molecule has 0 saturated heterocycles. The average Bonchev–Trinajstić information content (AvgIpc) is 3.35. The predicted octanol–water partition coefficient (Wildman–Crippen LogP) is 5.92. The maximum absolute atomic E-state index is 13.8. The highest BCUT2D eigenvalue weighted by molar-refractivity contribution is 5.99. The Bertz CT molecular complexity index is 1690. The van der Waals surface area contributed by atoms with E-state index in [4.69, 9.17) is 9.47 Å². The number of nitro benzene ring substituents is 1. The number of aliphatic hydroxyl groups is 1. The molecular weight excluding hydrogens is 558 g/mol. The van der Waals surface area contributed by atoms with Crippen molar-refractivity contribution in [2.24, 2.45) is 0 Å². The van der Waals surface area contributed by atoms with Crippen LogP contribution in [0.2, 0.25) is 0 Å². The lowest BCUT2D eigenvalue weighted by atomic mass is 10.0. The number of esters is 1. The topological polar surface area (TPSA) is 116 Å². The summed E-state index contributed by atoms with van der Waals surface area (Å²) >= 11 is 0. The fourth-order valence-electron chi connectivity index (χ4n) is 5.16. The number of hydrogen-bond acceptors (Lipinski definition) is 7. The summed E-state index contributed by atoms with van der Waals surface area (Å²) in [5.74, 6) is 0.240. The number of para-hydroxylation sites is 2. The molecule has 4 aromatic carbocycles. The summed E-state index contributed by atoms with van der Waals surface area (Å²) in [5, 5.41) is 26.0. The number of non-ortho nitro benzene ring substituents is 1. The van der Waals surface area contributed by atoms with Crippen LogP contribution in [0, 0.1) is 10.1 Å². The Morgan fingerprint density at radius 2 is 1.57 bits per heavy atom. The second-order valence-corrected chi connectivity index (χ2v) is 10.7. The first-order chi connectivity index (χ1) is 21.4. The van der Waals surface area contributed by atoms with Crippen LogP contribution < -0.4 is 10.1 Å². The zero-order valence-electron chi connectivity index (χ0n) is 24.5. The Balaban J connectivity index is 1.39. The van der Waals surface area contributed by atoms with Crippen molar-refractivity contribution in [2.45, 2.75) is 38.6 Å². The van der Waals surface area contributed by atoms with Gasteiger partial charge >= 0.3 is 5.97 Å². The Morgan fingerprint density at radius 1 is 0.909 bits per heavy atom. The molecular formula is C35H35N3O6. The third kappa shape index (κ3) is 7.69. The van der Waals surface area contributed by atoms with Gasteiger partial charge in [0.2, 0.25) is 0 Å². The summed E-state index contributed by atoms with van der Waals surface area (Å²) in [6.45, 7) is 2.91. The van der Waals surface area contributed by atoms with Gasteiger partial charge in [0.1, 0.15) is 30.8 Å². The van der Waals surface area contributed by atoms with E-state index in [-0.39, 0.29) is 24.9 Å². The maximum Gasteiger partial charge on any atom is 0.355 e. The van der Waals surface area contributed by atoms with Crippen LogP contribution in [0.3, 0.4) is 0 Å². The van der Waals surface area contributed by atoms with E-state index in [1.807, 2.05) is 96.4 Å². The van der Waals surface area contributed by atoms with Crippen molar-refractivity contribution in [1.29, 1.82) is 0 Å². The summed E-state index contributed by atoms with van der Waals surface area (Å²) < 4.78 is 13.4. The first-order valence-corrected chi connectivity index (χ1v) is 14.5. The highest BCUT2D eigenvalue weighted by atomic mass is 16.6. The lowest BCUT2D eigenvalue weighted by Crippen LogP contribution is -2.37. The van der Waals surface area contributed by atoms with E-state index >= 15 is 0 Å². The molecule has 0 amide bonds. The lowest BCUT2D eigenvalue weighted by Gasteiger charge is -2.18. The highest BCUT2D eigenvalue weighted by Crippen LogP contribution is 2.30. The summed E-state index contributed by atoms with van der Waals surface area (Å²) in [5.41, 5.74) is 3.81.